The number of rotatable bonds is 3. The predicted octanol–water partition coefficient (Wildman–Crippen LogP) is 1.62. The SMILES string of the molecule is NC(=O)c1cc2c(Br)c(NC3CCC4(CC3)NC(=O)NC4=O)ncc2o1. The van der Waals surface area contributed by atoms with Gasteiger partial charge >= 0.3 is 6.03 Å². The van der Waals surface area contributed by atoms with Gasteiger partial charge in [-0.2, -0.15) is 0 Å². The number of carbonyl (C=O) groups excluding carboxylic acids is 3. The van der Waals surface area contributed by atoms with E-state index in [-0.39, 0.29) is 17.7 Å². The number of halogens is 1. The first kappa shape index (κ1) is 16.8. The second-order valence-corrected chi connectivity index (χ2v) is 7.38. The quantitative estimate of drug-likeness (QED) is 0.555. The molecule has 2 fully saturated rings. The number of nitrogens with zero attached hydrogens (tertiary/aromatic N) is 1. The topological polar surface area (TPSA) is 139 Å². The molecule has 26 heavy (non-hydrogen) atoms. The molecular formula is C16H16BrN5O4. The fourth-order valence-electron chi connectivity index (χ4n) is 3.53. The molecule has 0 unspecified atom stereocenters. The summed E-state index contributed by atoms with van der Waals surface area (Å²) in [6, 6.07) is 1.25. The number of hydrogen-bond acceptors (Lipinski definition) is 6. The average molecular weight is 422 g/mol. The average Bonchev–Trinajstić information content (AvgIpc) is 3.15. The summed E-state index contributed by atoms with van der Waals surface area (Å²) in [5.74, 6) is -0.200. The van der Waals surface area contributed by atoms with Crippen molar-refractivity contribution in [2.45, 2.75) is 37.3 Å². The van der Waals surface area contributed by atoms with Crippen LogP contribution in [0.15, 0.2) is 21.2 Å². The van der Waals surface area contributed by atoms with E-state index in [1.165, 1.54) is 6.20 Å². The fraction of sp³-hybridized carbons (Fsp3) is 0.375. The molecule has 1 aliphatic heterocycles. The molecule has 1 aliphatic carbocycles. The van der Waals surface area contributed by atoms with Crippen molar-refractivity contribution in [2.75, 3.05) is 5.32 Å². The lowest BCUT2D eigenvalue weighted by molar-refractivity contribution is -0.125. The molecule has 0 radical (unpaired) electrons. The molecule has 2 aromatic rings. The Morgan fingerprint density at radius 3 is 2.73 bits per heavy atom. The molecular weight excluding hydrogens is 406 g/mol. The number of amides is 4. The summed E-state index contributed by atoms with van der Waals surface area (Å²) in [5.41, 5.74) is 4.92. The standard InChI is InChI=1S/C16H16BrN5O4/c17-11-8-5-9(12(18)23)26-10(8)6-19-13(11)20-7-1-3-16(4-2-7)14(24)21-15(25)22-16/h5-7H,1-4H2,(H2,18,23)(H,19,20)(H2,21,22,24,25). The van der Waals surface area contributed by atoms with Crippen molar-refractivity contribution in [1.82, 2.24) is 15.6 Å². The highest BCUT2D eigenvalue weighted by atomic mass is 79.9. The highest BCUT2D eigenvalue weighted by molar-refractivity contribution is 9.10. The lowest BCUT2D eigenvalue weighted by Crippen LogP contribution is -2.51. The predicted molar refractivity (Wildman–Crippen MR) is 95.5 cm³/mol. The summed E-state index contributed by atoms with van der Waals surface area (Å²) >= 11 is 3.49. The Hall–Kier alpha value is -2.62. The van der Waals surface area contributed by atoms with Crippen LogP contribution in [-0.2, 0) is 4.79 Å². The van der Waals surface area contributed by atoms with Crippen LogP contribution in [0.2, 0.25) is 0 Å². The van der Waals surface area contributed by atoms with Crippen molar-refractivity contribution in [3.63, 3.8) is 0 Å². The van der Waals surface area contributed by atoms with Gasteiger partial charge in [0.15, 0.2) is 11.3 Å². The van der Waals surface area contributed by atoms with E-state index < -0.39 is 17.5 Å². The van der Waals surface area contributed by atoms with Gasteiger partial charge in [-0.25, -0.2) is 9.78 Å². The van der Waals surface area contributed by atoms with Crippen molar-refractivity contribution in [2.24, 2.45) is 5.73 Å². The van der Waals surface area contributed by atoms with Crippen LogP contribution in [0.3, 0.4) is 0 Å². The number of urea groups is 1. The Kier molecular flexibility index (Phi) is 3.87. The molecule has 0 aromatic carbocycles. The summed E-state index contributed by atoms with van der Waals surface area (Å²) in [6.07, 6.45) is 4.05. The van der Waals surface area contributed by atoms with E-state index in [1.807, 2.05) is 0 Å². The zero-order chi connectivity index (χ0) is 18.5. The van der Waals surface area contributed by atoms with Gasteiger partial charge in [0, 0.05) is 11.4 Å². The lowest BCUT2D eigenvalue weighted by Gasteiger charge is -2.35. The van der Waals surface area contributed by atoms with E-state index >= 15 is 0 Å². The third-order valence-electron chi connectivity index (χ3n) is 4.95. The van der Waals surface area contributed by atoms with Gasteiger partial charge in [0.25, 0.3) is 11.8 Å². The lowest BCUT2D eigenvalue weighted by atomic mass is 9.79. The van der Waals surface area contributed by atoms with Crippen LogP contribution in [0.1, 0.15) is 36.2 Å². The normalized spacial score (nSPS) is 25.3. The maximum atomic E-state index is 12.0. The largest absolute Gasteiger partial charge is 0.449 e. The van der Waals surface area contributed by atoms with Crippen molar-refractivity contribution in [3.05, 3.63) is 22.5 Å². The molecule has 2 aromatic heterocycles. The van der Waals surface area contributed by atoms with Crippen LogP contribution >= 0.6 is 15.9 Å². The summed E-state index contributed by atoms with van der Waals surface area (Å²) < 4.78 is 6.04. The highest BCUT2D eigenvalue weighted by Crippen LogP contribution is 2.35. The Morgan fingerprint density at radius 2 is 2.12 bits per heavy atom. The number of pyridine rings is 1. The summed E-state index contributed by atoms with van der Waals surface area (Å²) in [7, 11) is 0. The van der Waals surface area contributed by atoms with Gasteiger partial charge in [-0.3, -0.25) is 14.9 Å². The van der Waals surface area contributed by atoms with E-state index in [4.69, 9.17) is 10.2 Å². The zero-order valence-corrected chi connectivity index (χ0v) is 15.2. The number of primary amides is 1. The van der Waals surface area contributed by atoms with E-state index in [0.29, 0.717) is 46.9 Å². The van der Waals surface area contributed by atoms with E-state index in [0.717, 1.165) is 0 Å². The van der Waals surface area contributed by atoms with E-state index in [1.54, 1.807) is 6.07 Å². The van der Waals surface area contributed by atoms with Crippen LogP contribution in [0.4, 0.5) is 10.6 Å². The number of fused-ring (bicyclic) bond motifs is 1. The number of anilines is 1. The van der Waals surface area contributed by atoms with Crippen molar-refractivity contribution >= 4 is 50.6 Å². The smallest absolute Gasteiger partial charge is 0.322 e. The number of carbonyl (C=O) groups is 3. The summed E-state index contributed by atoms with van der Waals surface area (Å²) in [6.45, 7) is 0. The Balaban J connectivity index is 1.50. The minimum absolute atomic E-state index is 0.0715. The minimum Gasteiger partial charge on any atom is -0.449 e. The first-order valence-corrected chi connectivity index (χ1v) is 8.95. The van der Waals surface area contributed by atoms with Gasteiger partial charge in [-0.15, -0.1) is 0 Å². The Bertz CT molecular complexity index is 932. The second-order valence-electron chi connectivity index (χ2n) is 6.58. The third kappa shape index (κ3) is 2.70. The van der Waals surface area contributed by atoms with Crippen LogP contribution in [0.25, 0.3) is 11.0 Å². The molecule has 4 amide bonds. The maximum Gasteiger partial charge on any atom is 0.322 e. The first-order chi connectivity index (χ1) is 12.4. The number of hydrogen-bond donors (Lipinski definition) is 4. The molecule has 5 N–H and O–H groups in total. The Labute approximate surface area is 156 Å². The molecule has 2 aliphatic rings. The van der Waals surface area contributed by atoms with Crippen LogP contribution in [0.5, 0.6) is 0 Å². The van der Waals surface area contributed by atoms with Gasteiger partial charge in [0.1, 0.15) is 11.4 Å². The van der Waals surface area contributed by atoms with Crippen LogP contribution in [-0.4, -0.2) is 34.4 Å². The number of imide groups is 1. The zero-order valence-electron chi connectivity index (χ0n) is 13.6. The van der Waals surface area contributed by atoms with Crippen molar-refractivity contribution < 1.29 is 18.8 Å². The number of furan rings is 1. The molecule has 0 atom stereocenters. The molecule has 1 saturated carbocycles. The molecule has 136 valence electrons. The van der Waals surface area contributed by atoms with Gasteiger partial charge in [0.05, 0.1) is 10.7 Å². The molecule has 0 bridgehead atoms. The second kappa shape index (κ2) is 5.97. The highest BCUT2D eigenvalue weighted by Gasteiger charge is 2.48. The summed E-state index contributed by atoms with van der Waals surface area (Å²) in [4.78, 5) is 39.0. The Morgan fingerprint density at radius 1 is 1.38 bits per heavy atom. The molecule has 4 rings (SSSR count). The van der Waals surface area contributed by atoms with E-state index in [9.17, 15) is 14.4 Å². The molecule has 1 saturated heterocycles. The molecule has 9 nitrogen and oxygen atoms in total. The van der Waals surface area contributed by atoms with Gasteiger partial charge in [-0.05, 0) is 47.7 Å². The molecule has 10 heteroatoms. The van der Waals surface area contributed by atoms with Gasteiger partial charge < -0.3 is 20.8 Å². The third-order valence-corrected chi connectivity index (χ3v) is 5.76. The minimum atomic E-state index is -0.787. The van der Waals surface area contributed by atoms with Gasteiger partial charge in [-0.1, -0.05) is 0 Å². The first-order valence-electron chi connectivity index (χ1n) is 8.16. The number of aromatic nitrogens is 1. The number of nitrogens with two attached hydrogens (primary N) is 1. The van der Waals surface area contributed by atoms with Gasteiger partial charge in [0.2, 0.25) is 0 Å². The number of nitrogens with one attached hydrogen (secondary N) is 3. The maximum absolute atomic E-state index is 12.0. The van der Waals surface area contributed by atoms with E-state index in [2.05, 4.69) is 36.9 Å². The molecule has 1 spiro atoms. The van der Waals surface area contributed by atoms with Crippen molar-refractivity contribution in [3.8, 4) is 0 Å². The molecule has 3 heterocycles. The fourth-order valence-corrected chi connectivity index (χ4v) is 4.06. The summed E-state index contributed by atoms with van der Waals surface area (Å²) in [5, 5.41) is 9.10. The van der Waals surface area contributed by atoms with Crippen molar-refractivity contribution in [1.29, 1.82) is 0 Å². The monoisotopic (exact) mass is 421 g/mol. The van der Waals surface area contributed by atoms with Crippen LogP contribution in [0, 0.1) is 0 Å². The van der Waals surface area contributed by atoms with Crippen LogP contribution < -0.4 is 21.7 Å².